The first-order valence-corrected chi connectivity index (χ1v) is 8.26. The lowest BCUT2D eigenvalue weighted by Crippen LogP contribution is -2.41. The highest BCUT2D eigenvalue weighted by atomic mass is 79.9. The van der Waals surface area contributed by atoms with Crippen LogP contribution in [0.1, 0.15) is 46.0 Å². The van der Waals surface area contributed by atoms with Crippen molar-refractivity contribution in [1.29, 1.82) is 0 Å². The SMILES string of the molecule is COc1ccc(C(=O)NNC(=O)c2ccc(C(C)C)cc2)cc1Br. The summed E-state index contributed by atoms with van der Waals surface area (Å²) in [5, 5.41) is 0. The molecule has 24 heavy (non-hydrogen) atoms. The standard InChI is InChI=1S/C18H19BrN2O3/c1-11(2)12-4-6-13(7-5-12)17(22)20-21-18(23)14-8-9-16(24-3)15(19)10-14/h4-11H,1-3H3,(H,20,22)(H,21,23). The Morgan fingerprint density at radius 1 is 0.958 bits per heavy atom. The van der Waals surface area contributed by atoms with E-state index in [1.54, 1.807) is 37.4 Å². The fraction of sp³-hybridized carbons (Fsp3) is 0.222. The minimum absolute atomic E-state index is 0.369. The minimum atomic E-state index is -0.412. The zero-order valence-corrected chi connectivity index (χ0v) is 15.3. The molecule has 0 aliphatic rings. The van der Waals surface area contributed by atoms with Crippen LogP contribution in [0.5, 0.6) is 5.75 Å². The number of hydrogen-bond acceptors (Lipinski definition) is 3. The Labute approximate surface area is 149 Å². The second-order valence-electron chi connectivity index (χ2n) is 5.53. The normalized spacial score (nSPS) is 10.4. The van der Waals surface area contributed by atoms with Crippen molar-refractivity contribution in [3.63, 3.8) is 0 Å². The topological polar surface area (TPSA) is 67.4 Å². The van der Waals surface area contributed by atoms with Gasteiger partial charge in [-0.25, -0.2) is 0 Å². The lowest BCUT2D eigenvalue weighted by atomic mass is 10.0. The zero-order chi connectivity index (χ0) is 17.7. The molecule has 0 heterocycles. The van der Waals surface area contributed by atoms with Crippen molar-refractivity contribution in [2.75, 3.05) is 7.11 Å². The van der Waals surface area contributed by atoms with Gasteiger partial charge in [0.2, 0.25) is 0 Å². The highest BCUT2D eigenvalue weighted by molar-refractivity contribution is 9.10. The Bertz CT molecular complexity index is 742. The summed E-state index contributed by atoms with van der Waals surface area (Å²) in [5.41, 5.74) is 6.84. The van der Waals surface area contributed by atoms with Crippen molar-refractivity contribution in [3.05, 3.63) is 63.6 Å². The summed E-state index contributed by atoms with van der Waals surface area (Å²) in [6.07, 6.45) is 0. The molecule has 126 valence electrons. The molecular weight excluding hydrogens is 372 g/mol. The van der Waals surface area contributed by atoms with Crippen LogP contribution in [0, 0.1) is 0 Å². The number of carbonyl (C=O) groups excluding carboxylic acids is 2. The summed E-state index contributed by atoms with van der Waals surface area (Å²) >= 11 is 3.32. The average molecular weight is 391 g/mol. The molecule has 2 amide bonds. The molecular formula is C18H19BrN2O3. The van der Waals surface area contributed by atoms with Gasteiger partial charge in [0.15, 0.2) is 0 Å². The third kappa shape index (κ3) is 4.35. The molecule has 0 spiro atoms. The fourth-order valence-electron chi connectivity index (χ4n) is 2.08. The van der Waals surface area contributed by atoms with E-state index in [9.17, 15) is 9.59 Å². The number of halogens is 1. The van der Waals surface area contributed by atoms with Gasteiger partial charge in [-0.1, -0.05) is 26.0 Å². The highest BCUT2D eigenvalue weighted by Gasteiger charge is 2.11. The van der Waals surface area contributed by atoms with Crippen molar-refractivity contribution < 1.29 is 14.3 Å². The quantitative estimate of drug-likeness (QED) is 0.782. The Morgan fingerprint density at radius 3 is 2.00 bits per heavy atom. The van der Waals surface area contributed by atoms with E-state index in [1.807, 2.05) is 12.1 Å². The van der Waals surface area contributed by atoms with Crippen LogP contribution in [0.4, 0.5) is 0 Å². The first-order valence-electron chi connectivity index (χ1n) is 7.46. The van der Waals surface area contributed by atoms with Crippen LogP contribution >= 0.6 is 15.9 Å². The van der Waals surface area contributed by atoms with E-state index in [0.717, 1.165) is 5.56 Å². The minimum Gasteiger partial charge on any atom is -0.496 e. The van der Waals surface area contributed by atoms with Gasteiger partial charge in [-0.05, 0) is 57.7 Å². The number of hydrazine groups is 1. The van der Waals surface area contributed by atoms with Gasteiger partial charge in [-0.2, -0.15) is 0 Å². The number of carbonyl (C=O) groups is 2. The molecule has 0 aromatic heterocycles. The van der Waals surface area contributed by atoms with Gasteiger partial charge in [0.25, 0.3) is 11.8 Å². The Balaban J connectivity index is 1.98. The first kappa shape index (κ1) is 18.0. The Hall–Kier alpha value is -2.34. The molecule has 0 bridgehead atoms. The van der Waals surface area contributed by atoms with Gasteiger partial charge in [-0.15, -0.1) is 0 Å². The molecule has 0 fully saturated rings. The smallest absolute Gasteiger partial charge is 0.269 e. The third-order valence-corrected chi connectivity index (χ3v) is 4.16. The van der Waals surface area contributed by atoms with Crippen LogP contribution in [-0.4, -0.2) is 18.9 Å². The summed E-state index contributed by atoms with van der Waals surface area (Å²) in [6.45, 7) is 4.17. The average Bonchev–Trinajstić information content (AvgIpc) is 2.59. The maximum absolute atomic E-state index is 12.1. The van der Waals surface area contributed by atoms with Crippen LogP contribution < -0.4 is 15.6 Å². The highest BCUT2D eigenvalue weighted by Crippen LogP contribution is 2.25. The summed E-state index contributed by atoms with van der Waals surface area (Å²) in [5.74, 6) is 0.243. The van der Waals surface area contributed by atoms with E-state index >= 15 is 0 Å². The molecule has 0 aliphatic carbocycles. The molecule has 0 radical (unpaired) electrons. The van der Waals surface area contributed by atoms with Crippen LogP contribution in [0.2, 0.25) is 0 Å². The zero-order valence-electron chi connectivity index (χ0n) is 13.7. The second kappa shape index (κ2) is 7.97. The molecule has 2 rings (SSSR count). The predicted octanol–water partition coefficient (Wildman–Crippen LogP) is 3.66. The van der Waals surface area contributed by atoms with Crippen molar-refractivity contribution in [2.24, 2.45) is 0 Å². The van der Waals surface area contributed by atoms with Crippen LogP contribution in [0.15, 0.2) is 46.9 Å². The van der Waals surface area contributed by atoms with Crippen LogP contribution in [-0.2, 0) is 0 Å². The Morgan fingerprint density at radius 2 is 1.50 bits per heavy atom. The van der Waals surface area contributed by atoms with Gasteiger partial charge in [0.1, 0.15) is 5.75 Å². The molecule has 2 aromatic carbocycles. The lowest BCUT2D eigenvalue weighted by molar-refractivity contribution is 0.0846. The number of methoxy groups -OCH3 is 1. The Kier molecular flexibility index (Phi) is 5.98. The van der Waals surface area contributed by atoms with Gasteiger partial charge in [0, 0.05) is 11.1 Å². The third-order valence-electron chi connectivity index (χ3n) is 3.54. The maximum atomic E-state index is 12.1. The summed E-state index contributed by atoms with van der Waals surface area (Å²) in [4.78, 5) is 24.2. The van der Waals surface area contributed by atoms with Crippen molar-refractivity contribution in [3.8, 4) is 5.75 Å². The van der Waals surface area contributed by atoms with E-state index in [1.165, 1.54) is 0 Å². The fourth-order valence-corrected chi connectivity index (χ4v) is 2.63. The van der Waals surface area contributed by atoms with E-state index in [0.29, 0.717) is 27.3 Å². The molecule has 0 aliphatic heterocycles. The number of ether oxygens (including phenoxy) is 1. The molecule has 0 unspecified atom stereocenters. The molecule has 0 saturated heterocycles. The van der Waals surface area contributed by atoms with Crippen molar-refractivity contribution >= 4 is 27.7 Å². The molecule has 5 nitrogen and oxygen atoms in total. The van der Waals surface area contributed by atoms with E-state index in [-0.39, 0.29) is 5.91 Å². The largest absolute Gasteiger partial charge is 0.496 e. The molecule has 0 saturated carbocycles. The lowest BCUT2D eigenvalue weighted by Gasteiger charge is -2.10. The molecule has 6 heteroatoms. The monoisotopic (exact) mass is 390 g/mol. The number of hydrogen-bond donors (Lipinski definition) is 2. The number of rotatable bonds is 4. The number of benzene rings is 2. The number of amides is 2. The van der Waals surface area contributed by atoms with E-state index in [2.05, 4.69) is 40.6 Å². The van der Waals surface area contributed by atoms with Gasteiger partial charge in [0.05, 0.1) is 11.6 Å². The van der Waals surface area contributed by atoms with Crippen LogP contribution in [0.25, 0.3) is 0 Å². The van der Waals surface area contributed by atoms with Crippen LogP contribution in [0.3, 0.4) is 0 Å². The number of nitrogens with one attached hydrogen (secondary N) is 2. The second-order valence-corrected chi connectivity index (χ2v) is 6.39. The molecule has 0 atom stereocenters. The van der Waals surface area contributed by atoms with E-state index < -0.39 is 5.91 Å². The van der Waals surface area contributed by atoms with E-state index in [4.69, 9.17) is 4.74 Å². The molecule has 2 N–H and O–H groups in total. The first-order chi connectivity index (χ1) is 11.4. The van der Waals surface area contributed by atoms with Crippen molar-refractivity contribution in [1.82, 2.24) is 10.9 Å². The molecule has 2 aromatic rings. The summed E-state index contributed by atoms with van der Waals surface area (Å²) in [6, 6.07) is 12.2. The predicted molar refractivity (Wildman–Crippen MR) is 96.2 cm³/mol. The summed E-state index contributed by atoms with van der Waals surface area (Å²) < 4.78 is 5.77. The van der Waals surface area contributed by atoms with Gasteiger partial charge < -0.3 is 4.74 Å². The summed E-state index contributed by atoms with van der Waals surface area (Å²) in [7, 11) is 1.55. The van der Waals surface area contributed by atoms with Gasteiger partial charge >= 0.3 is 0 Å². The van der Waals surface area contributed by atoms with Gasteiger partial charge in [-0.3, -0.25) is 20.4 Å². The van der Waals surface area contributed by atoms with Crippen molar-refractivity contribution in [2.45, 2.75) is 19.8 Å². The maximum Gasteiger partial charge on any atom is 0.269 e.